The first-order valence-electron chi connectivity index (χ1n) is 11.7. The molecule has 1 aliphatic rings. The van der Waals surface area contributed by atoms with Crippen molar-refractivity contribution in [1.82, 2.24) is 9.88 Å². The first-order chi connectivity index (χ1) is 16.7. The van der Waals surface area contributed by atoms with E-state index in [1.54, 1.807) is 25.4 Å². The van der Waals surface area contributed by atoms with Gasteiger partial charge in [-0.2, -0.15) is 0 Å². The van der Waals surface area contributed by atoms with E-state index in [0.29, 0.717) is 18.0 Å². The van der Waals surface area contributed by atoms with Crippen LogP contribution in [-0.4, -0.2) is 55.7 Å². The Morgan fingerprint density at radius 1 is 0.941 bits per heavy atom. The smallest absolute Gasteiger partial charge is 0.341 e. The number of aromatic nitrogens is 1. The van der Waals surface area contributed by atoms with Crippen LogP contribution in [0.15, 0.2) is 66.9 Å². The second kappa shape index (κ2) is 11.5. The van der Waals surface area contributed by atoms with Gasteiger partial charge in [-0.1, -0.05) is 19.1 Å². The molecular formula is C27H31N3O4. The van der Waals surface area contributed by atoms with Crippen LogP contribution < -0.4 is 14.4 Å². The molecular weight excluding hydrogens is 430 g/mol. The van der Waals surface area contributed by atoms with E-state index in [1.165, 1.54) is 5.56 Å². The average Bonchev–Trinajstić information content (AvgIpc) is 2.88. The summed E-state index contributed by atoms with van der Waals surface area (Å²) >= 11 is 0. The fraction of sp³-hybridized carbons (Fsp3) is 0.333. The van der Waals surface area contributed by atoms with Gasteiger partial charge in [-0.05, 0) is 60.5 Å². The molecule has 4 rings (SSSR count). The maximum absolute atomic E-state index is 12.5. The zero-order valence-electron chi connectivity index (χ0n) is 19.8. The molecule has 0 N–H and O–H groups in total. The number of methoxy groups -OCH3 is 1. The lowest BCUT2D eigenvalue weighted by atomic mass is 10.1. The first kappa shape index (κ1) is 23.6. The Kier molecular flexibility index (Phi) is 7.99. The molecule has 0 amide bonds. The van der Waals surface area contributed by atoms with Crippen molar-refractivity contribution in [3.63, 3.8) is 0 Å². The number of hydrogen-bond donors (Lipinski definition) is 0. The standard InChI is InChI=1S/C27H31N3O4/c1-3-18-33-27(31)25-8-5-13-28-26(25)30-16-14-29(15-17-30)20-21-6-4-7-24(19-21)34-23-11-9-22(32-2)10-12-23/h4-13,19H,3,14-18,20H2,1-2H3. The molecule has 0 bridgehead atoms. The number of esters is 1. The molecule has 7 heteroatoms. The van der Waals surface area contributed by atoms with Crippen LogP contribution in [0.25, 0.3) is 0 Å². The van der Waals surface area contributed by atoms with Crippen molar-refractivity contribution in [3.05, 3.63) is 78.0 Å². The Hall–Kier alpha value is -3.58. The monoisotopic (exact) mass is 461 g/mol. The van der Waals surface area contributed by atoms with Crippen LogP contribution in [0.4, 0.5) is 5.82 Å². The summed E-state index contributed by atoms with van der Waals surface area (Å²) < 4.78 is 16.6. The number of rotatable bonds is 9. The van der Waals surface area contributed by atoms with Crippen LogP contribution in [0.5, 0.6) is 17.2 Å². The molecule has 34 heavy (non-hydrogen) atoms. The highest BCUT2D eigenvalue weighted by molar-refractivity contribution is 5.94. The minimum absolute atomic E-state index is 0.305. The highest BCUT2D eigenvalue weighted by Gasteiger charge is 2.23. The number of anilines is 1. The third kappa shape index (κ3) is 6.05. The van der Waals surface area contributed by atoms with Crippen LogP contribution >= 0.6 is 0 Å². The van der Waals surface area contributed by atoms with Crippen LogP contribution in [0.1, 0.15) is 29.3 Å². The lowest BCUT2D eigenvalue weighted by Crippen LogP contribution is -2.46. The minimum atomic E-state index is -0.305. The molecule has 3 aromatic rings. The molecule has 1 fully saturated rings. The van der Waals surface area contributed by atoms with E-state index in [2.05, 4.69) is 26.9 Å². The summed E-state index contributed by atoms with van der Waals surface area (Å²) in [5, 5.41) is 0. The lowest BCUT2D eigenvalue weighted by molar-refractivity contribution is 0.0505. The van der Waals surface area contributed by atoms with Crippen molar-refractivity contribution in [1.29, 1.82) is 0 Å². The molecule has 2 aromatic carbocycles. The number of nitrogens with zero attached hydrogens (tertiary/aromatic N) is 3. The van der Waals surface area contributed by atoms with Gasteiger partial charge in [0.2, 0.25) is 0 Å². The summed E-state index contributed by atoms with van der Waals surface area (Å²) in [6, 6.07) is 19.3. The van der Waals surface area contributed by atoms with E-state index in [4.69, 9.17) is 14.2 Å². The summed E-state index contributed by atoms with van der Waals surface area (Å²) in [7, 11) is 1.65. The molecule has 0 atom stereocenters. The molecule has 0 saturated carbocycles. The Bertz CT molecular complexity index is 1080. The highest BCUT2D eigenvalue weighted by atomic mass is 16.5. The number of hydrogen-bond acceptors (Lipinski definition) is 7. The fourth-order valence-corrected chi connectivity index (χ4v) is 3.94. The number of piperazine rings is 1. The molecule has 7 nitrogen and oxygen atoms in total. The van der Waals surface area contributed by atoms with Crippen molar-refractivity contribution in [2.24, 2.45) is 0 Å². The molecule has 2 heterocycles. The van der Waals surface area contributed by atoms with E-state index in [1.807, 2.05) is 43.3 Å². The molecule has 178 valence electrons. The van der Waals surface area contributed by atoms with Crippen LogP contribution in [0, 0.1) is 0 Å². The molecule has 0 spiro atoms. The van der Waals surface area contributed by atoms with Crippen LogP contribution in [-0.2, 0) is 11.3 Å². The van der Waals surface area contributed by atoms with E-state index < -0.39 is 0 Å². The second-order valence-electron chi connectivity index (χ2n) is 8.20. The van der Waals surface area contributed by atoms with E-state index in [-0.39, 0.29) is 5.97 Å². The van der Waals surface area contributed by atoms with Crippen LogP contribution in [0.3, 0.4) is 0 Å². The normalized spacial score (nSPS) is 14.0. The maximum atomic E-state index is 12.5. The van der Waals surface area contributed by atoms with Gasteiger partial charge in [0.15, 0.2) is 0 Å². The fourth-order valence-electron chi connectivity index (χ4n) is 3.94. The predicted octanol–water partition coefficient (Wildman–Crippen LogP) is 4.77. The summed E-state index contributed by atoms with van der Waals surface area (Å²) in [5.41, 5.74) is 1.73. The predicted molar refractivity (Wildman–Crippen MR) is 132 cm³/mol. The number of carbonyl (C=O) groups is 1. The molecule has 0 aliphatic carbocycles. The van der Waals surface area contributed by atoms with Gasteiger partial charge in [-0.25, -0.2) is 9.78 Å². The largest absolute Gasteiger partial charge is 0.497 e. The molecule has 1 saturated heterocycles. The van der Waals surface area contributed by atoms with Gasteiger partial charge in [0.25, 0.3) is 0 Å². The zero-order chi connectivity index (χ0) is 23.8. The van der Waals surface area contributed by atoms with Gasteiger partial charge in [0.05, 0.1) is 13.7 Å². The van der Waals surface area contributed by atoms with Gasteiger partial charge in [0.1, 0.15) is 28.6 Å². The van der Waals surface area contributed by atoms with Gasteiger partial charge in [0, 0.05) is 38.9 Å². The van der Waals surface area contributed by atoms with E-state index in [9.17, 15) is 4.79 Å². The number of carbonyl (C=O) groups excluding carboxylic acids is 1. The zero-order valence-corrected chi connectivity index (χ0v) is 19.8. The quantitative estimate of drug-likeness (QED) is 0.425. The van der Waals surface area contributed by atoms with Crippen molar-refractivity contribution >= 4 is 11.8 Å². The lowest BCUT2D eigenvalue weighted by Gasteiger charge is -2.36. The number of benzene rings is 2. The average molecular weight is 462 g/mol. The van der Waals surface area contributed by atoms with Gasteiger partial charge in [-0.3, -0.25) is 4.90 Å². The maximum Gasteiger partial charge on any atom is 0.341 e. The first-order valence-corrected chi connectivity index (χ1v) is 11.7. The molecule has 1 aromatic heterocycles. The Morgan fingerprint density at radius 3 is 2.44 bits per heavy atom. The molecule has 0 radical (unpaired) electrons. The van der Waals surface area contributed by atoms with Gasteiger partial charge >= 0.3 is 5.97 Å². The third-order valence-electron chi connectivity index (χ3n) is 5.72. The minimum Gasteiger partial charge on any atom is -0.497 e. The topological polar surface area (TPSA) is 64.1 Å². The van der Waals surface area contributed by atoms with E-state index >= 15 is 0 Å². The van der Waals surface area contributed by atoms with Crippen molar-refractivity contribution in [3.8, 4) is 17.2 Å². The molecule has 0 unspecified atom stereocenters. The summed E-state index contributed by atoms with van der Waals surface area (Å²) in [4.78, 5) is 21.5. The number of ether oxygens (including phenoxy) is 3. The third-order valence-corrected chi connectivity index (χ3v) is 5.72. The van der Waals surface area contributed by atoms with E-state index in [0.717, 1.165) is 56.4 Å². The van der Waals surface area contributed by atoms with Crippen molar-refractivity contribution in [2.75, 3.05) is 44.8 Å². The van der Waals surface area contributed by atoms with Crippen molar-refractivity contribution < 1.29 is 19.0 Å². The summed E-state index contributed by atoms with van der Waals surface area (Å²) in [5.74, 6) is 2.79. The van der Waals surface area contributed by atoms with Crippen molar-refractivity contribution in [2.45, 2.75) is 19.9 Å². The Balaban J connectivity index is 1.34. The highest BCUT2D eigenvalue weighted by Crippen LogP contribution is 2.25. The SMILES string of the molecule is CCCOC(=O)c1cccnc1N1CCN(Cc2cccc(Oc3ccc(OC)cc3)c2)CC1. The summed E-state index contributed by atoms with van der Waals surface area (Å²) in [6.07, 6.45) is 2.53. The second-order valence-corrected chi connectivity index (χ2v) is 8.20. The Morgan fingerprint density at radius 2 is 1.71 bits per heavy atom. The van der Waals surface area contributed by atoms with Gasteiger partial charge in [-0.15, -0.1) is 0 Å². The number of pyridine rings is 1. The Labute approximate surface area is 200 Å². The summed E-state index contributed by atoms with van der Waals surface area (Å²) in [6.45, 7) is 6.59. The van der Waals surface area contributed by atoms with Crippen LogP contribution in [0.2, 0.25) is 0 Å². The van der Waals surface area contributed by atoms with Gasteiger partial charge < -0.3 is 19.1 Å². The molecule has 1 aliphatic heterocycles.